The maximum atomic E-state index is 7.06. The number of para-hydroxylation sites is 2. The van der Waals surface area contributed by atoms with Crippen LogP contribution in [-0.2, 0) is 21.7 Å². The molecule has 0 bridgehead atoms. The van der Waals surface area contributed by atoms with Crippen molar-refractivity contribution in [3.63, 3.8) is 0 Å². The van der Waals surface area contributed by atoms with Gasteiger partial charge in [-0.05, 0) is 123 Å². The number of benzene rings is 10. The summed E-state index contributed by atoms with van der Waals surface area (Å²) in [5.41, 5.74) is 17.2. The normalized spacial score (nSPS) is 14.5. The molecular formula is C70H55NO3. The average molecular weight is 958 g/mol. The molecule has 4 nitrogen and oxygen atoms in total. The zero-order valence-electron chi connectivity index (χ0n) is 42.5. The van der Waals surface area contributed by atoms with E-state index in [2.05, 4.69) is 271 Å². The summed E-state index contributed by atoms with van der Waals surface area (Å²) < 4.78 is 20.8. The van der Waals surface area contributed by atoms with Crippen molar-refractivity contribution in [2.24, 2.45) is 0 Å². The van der Waals surface area contributed by atoms with E-state index in [4.69, 9.17) is 13.9 Å². The van der Waals surface area contributed by atoms with Crippen molar-refractivity contribution in [2.45, 2.75) is 63.2 Å². The fraction of sp³-hybridized carbons (Fsp3) is 0.143. The Labute approximate surface area is 433 Å². The smallest absolute Gasteiger partial charge is 0.137 e. The number of hydrogen-bond acceptors (Lipinski definition) is 4. The molecule has 0 amide bonds. The number of fused-ring (bicyclic) bond motifs is 14. The van der Waals surface area contributed by atoms with E-state index in [0.717, 1.165) is 95.4 Å². The lowest BCUT2D eigenvalue weighted by molar-refractivity contribution is 0.433. The number of hydrogen-bond donors (Lipinski definition) is 0. The van der Waals surface area contributed by atoms with Crippen LogP contribution in [-0.4, -0.2) is 0 Å². The molecule has 3 heterocycles. The van der Waals surface area contributed by atoms with Gasteiger partial charge in [-0.15, -0.1) is 0 Å². The average Bonchev–Trinajstić information content (AvgIpc) is 3.99. The monoisotopic (exact) mass is 957 g/mol. The highest BCUT2D eigenvalue weighted by Gasteiger charge is 2.53. The van der Waals surface area contributed by atoms with Gasteiger partial charge in [-0.25, -0.2) is 0 Å². The molecule has 4 heteroatoms. The second-order valence-electron chi connectivity index (χ2n) is 22.4. The summed E-state index contributed by atoms with van der Waals surface area (Å²) >= 11 is 0. The summed E-state index contributed by atoms with van der Waals surface area (Å²) in [6.45, 7) is 13.8. The van der Waals surface area contributed by atoms with Crippen LogP contribution in [0.2, 0.25) is 0 Å². The highest BCUT2D eigenvalue weighted by molar-refractivity contribution is 6.14. The summed E-state index contributed by atoms with van der Waals surface area (Å²) in [6, 6.07) is 82.0. The molecule has 2 aliphatic heterocycles. The van der Waals surface area contributed by atoms with Gasteiger partial charge in [0.25, 0.3) is 0 Å². The molecule has 1 aromatic heterocycles. The van der Waals surface area contributed by atoms with Crippen LogP contribution < -0.4 is 14.4 Å². The molecule has 1 spiro atoms. The van der Waals surface area contributed by atoms with Crippen molar-refractivity contribution in [2.75, 3.05) is 4.90 Å². The molecule has 0 fully saturated rings. The van der Waals surface area contributed by atoms with Crippen molar-refractivity contribution < 1.29 is 13.9 Å². The summed E-state index contributed by atoms with van der Waals surface area (Å²) in [6.07, 6.45) is 0. The lowest BCUT2D eigenvalue weighted by atomic mass is 9.63. The molecule has 0 saturated heterocycles. The molecule has 358 valence electrons. The van der Waals surface area contributed by atoms with Crippen LogP contribution in [0.5, 0.6) is 23.0 Å². The minimum Gasteiger partial charge on any atom is -0.457 e. The van der Waals surface area contributed by atoms with E-state index >= 15 is 0 Å². The Morgan fingerprint density at radius 3 is 1.53 bits per heavy atom. The molecule has 1 aliphatic carbocycles. The summed E-state index contributed by atoms with van der Waals surface area (Å²) in [4.78, 5) is 2.50. The fourth-order valence-electron chi connectivity index (χ4n) is 12.8. The first kappa shape index (κ1) is 44.1. The highest BCUT2D eigenvalue weighted by Crippen LogP contribution is 2.65. The molecule has 10 aromatic carbocycles. The van der Waals surface area contributed by atoms with Gasteiger partial charge in [0, 0.05) is 38.9 Å². The third-order valence-corrected chi connectivity index (χ3v) is 16.2. The van der Waals surface area contributed by atoms with Crippen LogP contribution in [0.15, 0.2) is 229 Å². The SMILES string of the molecule is CC(C)(C)c1ccc2c(c1)C1(c3cc(C(C)(C)C)ccc3O2)c2ccccc2-c2c(N(c3ccc4c(c3)C(c3ccccc3)(c3ccccc3)c3ccccc3O4)c3cccc4oc5ccccc5c34)cccc21. The third-order valence-electron chi connectivity index (χ3n) is 16.2. The maximum Gasteiger partial charge on any atom is 0.137 e. The largest absolute Gasteiger partial charge is 0.457 e. The number of ether oxygens (including phenoxy) is 2. The number of rotatable bonds is 5. The van der Waals surface area contributed by atoms with E-state index in [1.807, 2.05) is 0 Å². The molecule has 0 radical (unpaired) electrons. The zero-order valence-corrected chi connectivity index (χ0v) is 42.5. The van der Waals surface area contributed by atoms with Gasteiger partial charge in [-0.2, -0.15) is 0 Å². The second-order valence-corrected chi connectivity index (χ2v) is 22.4. The van der Waals surface area contributed by atoms with Gasteiger partial charge in [0.05, 0.1) is 27.6 Å². The number of nitrogens with zero attached hydrogens (tertiary/aromatic N) is 1. The van der Waals surface area contributed by atoms with E-state index < -0.39 is 10.8 Å². The van der Waals surface area contributed by atoms with Crippen molar-refractivity contribution in [3.8, 4) is 34.1 Å². The Kier molecular flexibility index (Phi) is 9.51. The summed E-state index contributed by atoms with van der Waals surface area (Å²) in [5, 5.41) is 2.10. The first-order chi connectivity index (χ1) is 36.0. The zero-order chi connectivity index (χ0) is 50.1. The number of furan rings is 1. The Morgan fingerprint density at radius 2 is 0.865 bits per heavy atom. The Morgan fingerprint density at radius 1 is 0.365 bits per heavy atom. The minimum absolute atomic E-state index is 0.110. The number of anilines is 3. The topological polar surface area (TPSA) is 34.8 Å². The van der Waals surface area contributed by atoms with Crippen LogP contribution in [0.25, 0.3) is 33.1 Å². The van der Waals surface area contributed by atoms with E-state index in [0.29, 0.717) is 0 Å². The van der Waals surface area contributed by atoms with Gasteiger partial charge in [0.1, 0.15) is 34.2 Å². The molecular weight excluding hydrogens is 903 g/mol. The molecule has 0 N–H and O–H groups in total. The Hall–Kier alpha value is -8.60. The van der Waals surface area contributed by atoms with Gasteiger partial charge < -0.3 is 18.8 Å². The van der Waals surface area contributed by atoms with Crippen molar-refractivity contribution in [1.82, 2.24) is 0 Å². The molecule has 0 saturated carbocycles. The minimum atomic E-state index is -0.733. The van der Waals surface area contributed by atoms with Gasteiger partial charge in [0.2, 0.25) is 0 Å². The molecule has 0 unspecified atom stereocenters. The second kappa shape index (κ2) is 15.9. The Balaban J connectivity index is 1.12. The lowest BCUT2D eigenvalue weighted by Crippen LogP contribution is -2.34. The van der Waals surface area contributed by atoms with Crippen LogP contribution in [0.4, 0.5) is 17.1 Å². The van der Waals surface area contributed by atoms with E-state index in [1.54, 1.807) is 0 Å². The first-order valence-corrected chi connectivity index (χ1v) is 25.9. The molecule has 14 rings (SSSR count). The maximum absolute atomic E-state index is 7.06. The molecule has 3 aliphatic rings. The molecule has 11 aromatic rings. The Bertz CT molecular complexity index is 3950. The lowest BCUT2D eigenvalue weighted by Gasteiger charge is -2.42. The van der Waals surface area contributed by atoms with Gasteiger partial charge >= 0.3 is 0 Å². The van der Waals surface area contributed by atoms with Gasteiger partial charge in [-0.3, -0.25) is 0 Å². The van der Waals surface area contributed by atoms with E-state index in [1.165, 1.54) is 33.4 Å². The van der Waals surface area contributed by atoms with Crippen LogP contribution in [0.1, 0.15) is 97.2 Å². The van der Waals surface area contributed by atoms with Crippen LogP contribution >= 0.6 is 0 Å². The van der Waals surface area contributed by atoms with Crippen LogP contribution in [0, 0.1) is 0 Å². The van der Waals surface area contributed by atoms with Crippen molar-refractivity contribution >= 4 is 39.0 Å². The predicted molar refractivity (Wildman–Crippen MR) is 302 cm³/mol. The van der Waals surface area contributed by atoms with Crippen LogP contribution in [0.3, 0.4) is 0 Å². The van der Waals surface area contributed by atoms with Crippen molar-refractivity contribution in [3.05, 3.63) is 280 Å². The third kappa shape index (κ3) is 6.21. The fourth-order valence-corrected chi connectivity index (χ4v) is 12.8. The van der Waals surface area contributed by atoms with E-state index in [9.17, 15) is 0 Å². The van der Waals surface area contributed by atoms with Gasteiger partial charge in [0.15, 0.2) is 0 Å². The quantitative estimate of drug-likeness (QED) is 0.172. The summed E-state index contributed by atoms with van der Waals surface area (Å²) in [7, 11) is 0. The standard InChI is InChI=1S/C70H55NO3/c1-67(2,3)46-35-38-61-54(41-46)70(55-42-47(68(4,5)6)36-39-62(55)74-61)51-27-15-13-25-49(51)65-53(70)29-19-30-57(65)71(58-31-20-34-64-66(58)50-26-14-17-32-59(50)72-64)48-37-40-63-56(43-48)69(44-21-9-7-10-22-44,45-23-11-8-12-24-45)52-28-16-18-33-60(52)73-63/h7-43H,1-6H3. The first-order valence-electron chi connectivity index (χ1n) is 25.9. The summed E-state index contributed by atoms with van der Waals surface area (Å²) in [5.74, 6) is 3.41. The van der Waals surface area contributed by atoms with E-state index in [-0.39, 0.29) is 10.8 Å². The molecule has 0 atom stereocenters. The van der Waals surface area contributed by atoms with Crippen molar-refractivity contribution in [1.29, 1.82) is 0 Å². The predicted octanol–water partition coefficient (Wildman–Crippen LogP) is 18.6. The highest BCUT2D eigenvalue weighted by atomic mass is 16.5. The van der Waals surface area contributed by atoms with Gasteiger partial charge in [-0.1, -0.05) is 193 Å². The molecule has 74 heavy (non-hydrogen) atoms.